The van der Waals surface area contributed by atoms with Crippen molar-refractivity contribution in [1.29, 1.82) is 0 Å². The Labute approximate surface area is 112 Å². The number of aliphatic carboxylic acids is 1. The quantitative estimate of drug-likeness (QED) is 0.912. The van der Waals surface area contributed by atoms with Crippen molar-refractivity contribution < 1.29 is 9.90 Å². The lowest BCUT2D eigenvalue weighted by molar-refractivity contribution is -0.138. The van der Waals surface area contributed by atoms with Crippen LogP contribution in [0.1, 0.15) is 19.4 Å². The largest absolute Gasteiger partial charge is 0.480 e. The van der Waals surface area contributed by atoms with Crippen LogP contribution in [0, 0.1) is 0 Å². The van der Waals surface area contributed by atoms with Crippen LogP contribution < -0.4 is 0 Å². The summed E-state index contributed by atoms with van der Waals surface area (Å²) >= 11 is 4.89. The Morgan fingerprint density at radius 3 is 2.47 bits per heavy atom. The molecule has 3 nitrogen and oxygen atoms in total. The molecular formula is C12H12BrNO2S. The first-order valence-corrected chi connectivity index (χ1v) is 6.76. The van der Waals surface area contributed by atoms with Crippen LogP contribution in [0.2, 0.25) is 0 Å². The summed E-state index contributed by atoms with van der Waals surface area (Å²) in [6.45, 7) is 3.82. The zero-order chi connectivity index (χ0) is 12.6. The van der Waals surface area contributed by atoms with Gasteiger partial charge in [-0.1, -0.05) is 39.8 Å². The van der Waals surface area contributed by atoms with Crippen molar-refractivity contribution in [3.8, 4) is 0 Å². The van der Waals surface area contributed by atoms with Gasteiger partial charge in [-0.25, -0.2) is 4.79 Å². The van der Waals surface area contributed by atoms with Crippen LogP contribution in [0.3, 0.4) is 0 Å². The Bertz CT molecular complexity index is 482. The van der Waals surface area contributed by atoms with E-state index in [9.17, 15) is 4.79 Å². The highest BCUT2D eigenvalue weighted by atomic mass is 79.9. The van der Waals surface area contributed by atoms with Gasteiger partial charge in [0.2, 0.25) is 0 Å². The number of carboxylic acid groups (broad SMARTS) is 1. The third kappa shape index (κ3) is 2.55. The summed E-state index contributed by atoms with van der Waals surface area (Å²) in [6.07, 6.45) is 0. The molecule has 0 aliphatic carbocycles. The highest BCUT2D eigenvalue weighted by Gasteiger charge is 2.42. The van der Waals surface area contributed by atoms with Crippen molar-refractivity contribution in [3.05, 3.63) is 34.3 Å². The smallest absolute Gasteiger partial charge is 0.329 e. The molecule has 1 aromatic carbocycles. The number of halogens is 1. The predicted molar refractivity (Wildman–Crippen MR) is 73.8 cm³/mol. The Morgan fingerprint density at radius 1 is 1.41 bits per heavy atom. The summed E-state index contributed by atoms with van der Waals surface area (Å²) < 4.78 is 0.604. The van der Waals surface area contributed by atoms with Crippen LogP contribution in [0.4, 0.5) is 0 Å². The molecule has 0 saturated carbocycles. The minimum atomic E-state index is -0.866. The third-order valence-electron chi connectivity index (χ3n) is 2.59. The van der Waals surface area contributed by atoms with E-state index in [0.29, 0.717) is 0 Å². The Morgan fingerprint density at radius 2 is 2.00 bits per heavy atom. The molecule has 1 heterocycles. The number of rotatable bonds is 2. The molecule has 2 rings (SSSR count). The molecule has 90 valence electrons. The number of thioether (sulfide) groups is 1. The van der Waals surface area contributed by atoms with Gasteiger partial charge in [0.25, 0.3) is 0 Å². The molecular weight excluding hydrogens is 302 g/mol. The van der Waals surface area contributed by atoms with E-state index in [2.05, 4.69) is 20.9 Å². The number of hydrogen-bond donors (Lipinski definition) is 1. The molecule has 0 fully saturated rings. The second kappa shape index (κ2) is 4.46. The number of aliphatic imine (C=N–C) groups is 1. The van der Waals surface area contributed by atoms with Gasteiger partial charge < -0.3 is 5.11 Å². The molecule has 0 radical (unpaired) electrons. The number of hydrogen-bond acceptors (Lipinski definition) is 3. The minimum Gasteiger partial charge on any atom is -0.480 e. The van der Waals surface area contributed by atoms with E-state index in [0.717, 1.165) is 15.1 Å². The Hall–Kier alpha value is -0.810. The average molecular weight is 314 g/mol. The highest BCUT2D eigenvalue weighted by molar-refractivity contribution is 9.10. The fourth-order valence-corrected chi connectivity index (χ4v) is 3.12. The lowest BCUT2D eigenvalue weighted by Crippen LogP contribution is -2.34. The van der Waals surface area contributed by atoms with Gasteiger partial charge in [0, 0.05) is 14.8 Å². The molecule has 1 aliphatic rings. The summed E-state index contributed by atoms with van der Waals surface area (Å²) in [6, 6.07) is 7.07. The van der Waals surface area contributed by atoms with Crippen LogP contribution in [0.15, 0.2) is 33.7 Å². The van der Waals surface area contributed by atoms with Crippen LogP contribution in [-0.4, -0.2) is 26.9 Å². The second-order valence-corrected chi connectivity index (χ2v) is 6.95. The zero-order valence-corrected chi connectivity index (χ0v) is 11.9. The van der Waals surface area contributed by atoms with E-state index in [1.807, 2.05) is 38.1 Å². The van der Waals surface area contributed by atoms with Gasteiger partial charge in [0.05, 0.1) is 5.04 Å². The van der Waals surface area contributed by atoms with Crippen LogP contribution in [-0.2, 0) is 4.79 Å². The van der Waals surface area contributed by atoms with Crippen molar-refractivity contribution in [2.75, 3.05) is 0 Å². The van der Waals surface area contributed by atoms with Crippen molar-refractivity contribution in [2.24, 2.45) is 4.99 Å². The highest BCUT2D eigenvalue weighted by Crippen LogP contribution is 2.39. The molecule has 0 saturated heterocycles. The molecule has 5 heteroatoms. The summed E-state index contributed by atoms with van der Waals surface area (Å²) in [5.74, 6) is -0.866. The molecule has 0 spiro atoms. The molecule has 1 N–H and O–H groups in total. The van der Waals surface area contributed by atoms with E-state index in [1.54, 1.807) is 0 Å². The van der Waals surface area contributed by atoms with Gasteiger partial charge in [-0.2, -0.15) is 0 Å². The summed E-state index contributed by atoms with van der Waals surface area (Å²) in [5.41, 5.74) is 0.968. The van der Waals surface area contributed by atoms with Crippen LogP contribution in [0.25, 0.3) is 0 Å². The molecule has 1 unspecified atom stereocenters. The van der Waals surface area contributed by atoms with Crippen molar-refractivity contribution in [2.45, 2.75) is 24.6 Å². The van der Waals surface area contributed by atoms with Crippen molar-refractivity contribution in [1.82, 2.24) is 0 Å². The molecule has 1 atom stereocenters. The third-order valence-corrected chi connectivity index (χ3v) is 4.40. The normalized spacial score (nSPS) is 22.3. The molecule has 0 bridgehead atoms. The predicted octanol–water partition coefficient (Wildman–Crippen LogP) is 3.17. The van der Waals surface area contributed by atoms with Gasteiger partial charge in [-0.05, 0) is 26.0 Å². The van der Waals surface area contributed by atoms with Gasteiger partial charge >= 0.3 is 5.97 Å². The minimum absolute atomic E-state index is 0.395. The first kappa shape index (κ1) is 12.6. The molecule has 0 aromatic heterocycles. The first-order valence-electron chi connectivity index (χ1n) is 5.16. The van der Waals surface area contributed by atoms with E-state index >= 15 is 0 Å². The average Bonchev–Trinajstić information content (AvgIpc) is 2.55. The lowest BCUT2D eigenvalue weighted by atomic mass is 10.0. The standard InChI is InChI=1S/C12H12BrNO2S/c1-12(2)9(11(15)16)14-10(17-12)7-3-5-8(13)6-4-7/h3-6,9H,1-2H3,(H,15,16). The maximum atomic E-state index is 11.1. The van der Waals surface area contributed by atoms with E-state index in [1.165, 1.54) is 11.8 Å². The number of carbonyl (C=O) groups is 1. The first-order chi connectivity index (χ1) is 7.90. The van der Waals surface area contributed by atoms with Gasteiger partial charge in [-0.15, -0.1) is 0 Å². The number of nitrogens with zero attached hydrogens (tertiary/aromatic N) is 1. The van der Waals surface area contributed by atoms with Gasteiger partial charge in [0.15, 0.2) is 6.04 Å². The maximum Gasteiger partial charge on any atom is 0.329 e. The number of benzene rings is 1. The fraction of sp³-hybridized carbons (Fsp3) is 0.333. The van der Waals surface area contributed by atoms with Gasteiger partial charge in [-0.3, -0.25) is 4.99 Å². The van der Waals surface area contributed by atoms with Crippen molar-refractivity contribution in [3.63, 3.8) is 0 Å². The van der Waals surface area contributed by atoms with E-state index < -0.39 is 16.8 Å². The monoisotopic (exact) mass is 313 g/mol. The summed E-state index contributed by atoms with van der Waals surface area (Å²) in [4.78, 5) is 15.4. The van der Waals surface area contributed by atoms with Gasteiger partial charge in [0.1, 0.15) is 0 Å². The topological polar surface area (TPSA) is 49.7 Å². The Kier molecular flexibility index (Phi) is 3.32. The molecule has 1 aromatic rings. The van der Waals surface area contributed by atoms with Crippen molar-refractivity contribution >= 4 is 38.7 Å². The second-order valence-electron chi connectivity index (χ2n) is 4.39. The Balaban J connectivity index is 2.33. The lowest BCUT2D eigenvalue weighted by Gasteiger charge is -2.20. The van der Waals surface area contributed by atoms with Crippen LogP contribution >= 0.6 is 27.7 Å². The maximum absolute atomic E-state index is 11.1. The van der Waals surface area contributed by atoms with Crippen LogP contribution in [0.5, 0.6) is 0 Å². The summed E-state index contributed by atoms with van der Waals surface area (Å²) in [7, 11) is 0. The van der Waals surface area contributed by atoms with E-state index in [4.69, 9.17) is 5.11 Å². The molecule has 0 amide bonds. The number of carboxylic acids is 1. The molecule has 17 heavy (non-hydrogen) atoms. The van der Waals surface area contributed by atoms with E-state index in [-0.39, 0.29) is 0 Å². The molecule has 1 aliphatic heterocycles. The SMILES string of the molecule is CC1(C)SC(c2ccc(Br)cc2)=NC1C(=O)O. The summed E-state index contributed by atoms with van der Waals surface area (Å²) in [5, 5.41) is 9.93. The zero-order valence-electron chi connectivity index (χ0n) is 9.48. The fourth-order valence-electron chi connectivity index (χ4n) is 1.68.